The van der Waals surface area contributed by atoms with Crippen molar-refractivity contribution in [3.8, 4) is 5.69 Å². The summed E-state index contributed by atoms with van der Waals surface area (Å²) in [6.45, 7) is 4.48. The molecule has 0 radical (unpaired) electrons. The Bertz CT molecular complexity index is 578. The molecule has 2 aromatic rings. The average molecular weight is 287 g/mol. The summed E-state index contributed by atoms with van der Waals surface area (Å²) in [6, 6.07) is 11.2. The minimum Gasteiger partial charge on any atom is -0.480 e. The Balaban J connectivity index is 1.98. The first kappa shape index (κ1) is 15.3. The molecule has 2 rings (SSSR count). The minimum absolute atomic E-state index is 0.334. The summed E-state index contributed by atoms with van der Waals surface area (Å²) in [6.07, 6.45) is 2.49. The topological polar surface area (TPSA) is 67.2 Å². The number of nitrogens with one attached hydrogen (secondary N) is 1. The average Bonchev–Trinajstić information content (AvgIpc) is 2.92. The molecule has 112 valence electrons. The Hall–Kier alpha value is -2.14. The monoisotopic (exact) mass is 287 g/mol. The third-order valence-electron chi connectivity index (χ3n) is 3.20. The molecular weight excluding hydrogens is 266 g/mol. The van der Waals surface area contributed by atoms with E-state index in [-0.39, 0.29) is 0 Å². The summed E-state index contributed by atoms with van der Waals surface area (Å²) in [5.74, 6) is -0.480. The molecule has 1 aromatic heterocycles. The van der Waals surface area contributed by atoms with Crippen LogP contribution in [0.15, 0.2) is 42.6 Å². The van der Waals surface area contributed by atoms with Crippen LogP contribution in [0.2, 0.25) is 0 Å². The quantitative estimate of drug-likeness (QED) is 0.821. The highest BCUT2D eigenvalue weighted by molar-refractivity contribution is 5.73. The van der Waals surface area contributed by atoms with Gasteiger partial charge in [0.25, 0.3) is 0 Å². The van der Waals surface area contributed by atoms with Gasteiger partial charge in [0.15, 0.2) is 0 Å². The van der Waals surface area contributed by atoms with Gasteiger partial charge in [-0.2, -0.15) is 5.10 Å². The van der Waals surface area contributed by atoms with E-state index in [1.165, 1.54) is 0 Å². The predicted molar refractivity (Wildman–Crippen MR) is 81.3 cm³/mol. The zero-order valence-corrected chi connectivity index (χ0v) is 12.4. The van der Waals surface area contributed by atoms with Gasteiger partial charge >= 0.3 is 5.97 Å². The van der Waals surface area contributed by atoms with Gasteiger partial charge in [-0.1, -0.05) is 32.0 Å². The molecule has 0 spiro atoms. The van der Waals surface area contributed by atoms with Crippen LogP contribution in [0.1, 0.15) is 26.0 Å². The highest BCUT2D eigenvalue weighted by atomic mass is 16.4. The van der Waals surface area contributed by atoms with Crippen molar-refractivity contribution in [3.05, 3.63) is 48.3 Å². The van der Waals surface area contributed by atoms with Crippen LogP contribution in [0.5, 0.6) is 0 Å². The first-order valence-electron chi connectivity index (χ1n) is 7.12. The van der Waals surface area contributed by atoms with Crippen molar-refractivity contribution in [1.29, 1.82) is 0 Å². The molecule has 1 aromatic carbocycles. The smallest absolute Gasteiger partial charge is 0.320 e. The lowest BCUT2D eigenvalue weighted by Gasteiger charge is -2.15. The molecule has 0 bridgehead atoms. The molecule has 5 heteroatoms. The highest BCUT2D eigenvalue weighted by Gasteiger charge is 2.18. The van der Waals surface area contributed by atoms with E-state index in [1.54, 1.807) is 4.68 Å². The second-order valence-electron chi connectivity index (χ2n) is 5.49. The molecule has 0 aliphatic heterocycles. The second-order valence-corrected chi connectivity index (χ2v) is 5.49. The highest BCUT2D eigenvalue weighted by Crippen LogP contribution is 2.08. The number of carbonyl (C=O) groups is 1. The van der Waals surface area contributed by atoms with Crippen molar-refractivity contribution < 1.29 is 9.90 Å². The Labute approximate surface area is 124 Å². The van der Waals surface area contributed by atoms with Crippen molar-refractivity contribution in [3.63, 3.8) is 0 Å². The third-order valence-corrected chi connectivity index (χ3v) is 3.20. The molecule has 5 nitrogen and oxygen atoms in total. The van der Waals surface area contributed by atoms with Crippen LogP contribution < -0.4 is 5.32 Å². The number of hydrogen-bond acceptors (Lipinski definition) is 3. The van der Waals surface area contributed by atoms with Crippen LogP contribution in [-0.4, -0.2) is 26.9 Å². The maximum atomic E-state index is 11.2. The summed E-state index contributed by atoms with van der Waals surface area (Å²) >= 11 is 0. The van der Waals surface area contributed by atoms with Crippen LogP contribution in [0.3, 0.4) is 0 Å². The van der Waals surface area contributed by atoms with E-state index in [0.717, 1.165) is 11.4 Å². The number of hydrogen-bond donors (Lipinski definition) is 2. The minimum atomic E-state index is -0.814. The van der Waals surface area contributed by atoms with Crippen LogP contribution in [-0.2, 0) is 11.3 Å². The molecule has 1 unspecified atom stereocenters. The van der Waals surface area contributed by atoms with Gasteiger partial charge < -0.3 is 5.11 Å². The van der Waals surface area contributed by atoms with Gasteiger partial charge in [-0.05, 0) is 30.5 Å². The molecule has 1 atom stereocenters. The van der Waals surface area contributed by atoms with Crippen LogP contribution in [0.4, 0.5) is 0 Å². The SMILES string of the molecule is CC(C)CC(NCc1ccn(-c2ccccc2)n1)C(=O)O. The number of nitrogens with zero attached hydrogens (tertiary/aromatic N) is 2. The molecule has 1 heterocycles. The van der Waals surface area contributed by atoms with Gasteiger partial charge in [-0.3, -0.25) is 10.1 Å². The Morgan fingerprint density at radius 3 is 2.62 bits per heavy atom. The fourth-order valence-electron chi connectivity index (χ4n) is 2.15. The molecule has 0 saturated carbocycles. The molecule has 0 aliphatic rings. The standard InChI is InChI=1S/C16H21N3O2/c1-12(2)10-15(16(20)21)17-11-13-8-9-19(18-13)14-6-4-3-5-7-14/h3-9,12,15,17H,10-11H2,1-2H3,(H,20,21). The van der Waals surface area contributed by atoms with Gasteiger partial charge in [0.1, 0.15) is 6.04 Å². The lowest BCUT2D eigenvalue weighted by atomic mass is 10.0. The number of aromatic nitrogens is 2. The Kier molecular flexibility index (Phi) is 5.11. The number of rotatable bonds is 7. The normalized spacial score (nSPS) is 12.5. The maximum absolute atomic E-state index is 11.2. The first-order chi connectivity index (χ1) is 10.1. The van der Waals surface area contributed by atoms with Crippen LogP contribution >= 0.6 is 0 Å². The van der Waals surface area contributed by atoms with E-state index < -0.39 is 12.0 Å². The first-order valence-corrected chi connectivity index (χ1v) is 7.12. The van der Waals surface area contributed by atoms with Crippen molar-refractivity contribution in [1.82, 2.24) is 15.1 Å². The van der Waals surface area contributed by atoms with Crippen LogP contribution in [0, 0.1) is 5.92 Å². The van der Waals surface area contributed by atoms with Gasteiger partial charge in [-0.25, -0.2) is 4.68 Å². The van der Waals surface area contributed by atoms with Crippen LogP contribution in [0.25, 0.3) is 5.69 Å². The van der Waals surface area contributed by atoms with E-state index in [2.05, 4.69) is 10.4 Å². The Morgan fingerprint density at radius 2 is 2.00 bits per heavy atom. The number of benzene rings is 1. The molecule has 2 N–H and O–H groups in total. The van der Waals surface area contributed by atoms with Gasteiger partial charge in [0.2, 0.25) is 0 Å². The zero-order valence-electron chi connectivity index (χ0n) is 12.4. The van der Waals surface area contributed by atoms with E-state index in [4.69, 9.17) is 0 Å². The zero-order chi connectivity index (χ0) is 15.2. The summed E-state index contributed by atoms with van der Waals surface area (Å²) < 4.78 is 1.79. The predicted octanol–water partition coefficient (Wildman–Crippen LogP) is 2.46. The van der Waals surface area contributed by atoms with Gasteiger partial charge in [0, 0.05) is 12.7 Å². The number of para-hydroxylation sites is 1. The van der Waals surface area contributed by atoms with Crippen molar-refractivity contribution in [2.24, 2.45) is 5.92 Å². The van der Waals surface area contributed by atoms with E-state index in [0.29, 0.717) is 18.9 Å². The Morgan fingerprint density at radius 1 is 1.29 bits per heavy atom. The maximum Gasteiger partial charge on any atom is 0.320 e. The third kappa shape index (κ3) is 4.43. The van der Waals surface area contributed by atoms with Crippen molar-refractivity contribution in [2.75, 3.05) is 0 Å². The fourth-order valence-corrected chi connectivity index (χ4v) is 2.15. The summed E-state index contributed by atoms with van der Waals surface area (Å²) in [5, 5.41) is 16.7. The molecule has 0 amide bonds. The summed E-state index contributed by atoms with van der Waals surface area (Å²) in [5.41, 5.74) is 1.81. The molecular formula is C16H21N3O2. The van der Waals surface area contributed by atoms with Crippen molar-refractivity contribution in [2.45, 2.75) is 32.9 Å². The molecule has 21 heavy (non-hydrogen) atoms. The largest absolute Gasteiger partial charge is 0.480 e. The number of carboxylic acid groups (broad SMARTS) is 1. The van der Waals surface area contributed by atoms with Gasteiger partial charge in [0.05, 0.1) is 11.4 Å². The molecule has 0 saturated heterocycles. The van der Waals surface area contributed by atoms with E-state index in [9.17, 15) is 9.90 Å². The fraction of sp³-hybridized carbons (Fsp3) is 0.375. The molecule has 0 aliphatic carbocycles. The lowest BCUT2D eigenvalue weighted by molar-refractivity contribution is -0.140. The van der Waals surface area contributed by atoms with Gasteiger partial charge in [-0.15, -0.1) is 0 Å². The lowest BCUT2D eigenvalue weighted by Crippen LogP contribution is -2.37. The van der Waals surface area contributed by atoms with E-state index >= 15 is 0 Å². The van der Waals surface area contributed by atoms with Crippen molar-refractivity contribution >= 4 is 5.97 Å². The summed E-state index contributed by atoms with van der Waals surface area (Å²) in [7, 11) is 0. The molecule has 0 fully saturated rings. The van der Waals surface area contributed by atoms with E-state index in [1.807, 2.05) is 56.4 Å². The number of carboxylic acids is 1. The number of aliphatic carboxylic acids is 1. The second kappa shape index (κ2) is 7.04. The summed E-state index contributed by atoms with van der Waals surface area (Å²) in [4.78, 5) is 11.2.